The number of nitrogens with two attached hydrogens (primary N) is 1. The first-order valence-corrected chi connectivity index (χ1v) is 15.7. The molecule has 1 atom stereocenters. The molecule has 2 aliphatic rings. The number of amidine groups is 1. The fourth-order valence-corrected chi connectivity index (χ4v) is 6.02. The molecule has 2 aliphatic heterocycles. The van der Waals surface area contributed by atoms with E-state index in [0.717, 1.165) is 50.8 Å². The lowest BCUT2D eigenvalue weighted by Gasteiger charge is -2.34. The lowest BCUT2D eigenvalue weighted by Crippen LogP contribution is -2.44. The van der Waals surface area contributed by atoms with Crippen LogP contribution in [0.25, 0.3) is 0 Å². The minimum absolute atomic E-state index is 0.000109. The third-order valence-electron chi connectivity index (χ3n) is 7.39. The molecule has 1 amide bonds. The molecule has 1 aromatic heterocycles. The minimum Gasteiger partial charge on any atom is -0.451 e. The maximum absolute atomic E-state index is 13.7. The van der Waals surface area contributed by atoms with Gasteiger partial charge in [-0.15, -0.1) is 0 Å². The van der Waals surface area contributed by atoms with E-state index in [2.05, 4.69) is 37.4 Å². The number of nitrogens with zero attached hydrogens (tertiary/aromatic N) is 4. The number of rotatable bonds is 8. The minimum atomic E-state index is -1.51. The summed E-state index contributed by atoms with van der Waals surface area (Å²) in [5.74, 6) is -2.39. The highest BCUT2D eigenvalue weighted by Crippen LogP contribution is 2.33. The SMILES string of the molecule is CN1CCN(c2ccc(C(=O)NC(=N)c3nc(OP(C)c4cc(F)cc(F)c4)cnc3N)c(NC3CCOCC3)c2)CC1. The number of carbonyl (C=O) groups excluding carboxylic acids is 1. The zero-order valence-corrected chi connectivity index (χ0v) is 25.0. The van der Waals surface area contributed by atoms with Gasteiger partial charge in [-0.05, 0) is 56.9 Å². The van der Waals surface area contributed by atoms with Gasteiger partial charge in [0.05, 0.1) is 11.8 Å². The van der Waals surface area contributed by atoms with Crippen LogP contribution < -0.4 is 31.1 Å². The molecule has 3 aromatic rings. The summed E-state index contributed by atoms with van der Waals surface area (Å²) in [4.78, 5) is 26.4. The predicted octanol–water partition coefficient (Wildman–Crippen LogP) is 3.17. The molecule has 0 radical (unpaired) electrons. The highest BCUT2D eigenvalue weighted by Gasteiger charge is 2.23. The first-order chi connectivity index (χ1) is 20.7. The molecule has 0 aliphatic carbocycles. The summed E-state index contributed by atoms with van der Waals surface area (Å²) >= 11 is 0. The van der Waals surface area contributed by atoms with Gasteiger partial charge in [-0.1, -0.05) is 0 Å². The fraction of sp³-hybridized carbons (Fsp3) is 0.379. The molecule has 2 aromatic carbocycles. The Kier molecular flexibility index (Phi) is 9.64. The number of ether oxygens (including phenoxy) is 1. The van der Waals surface area contributed by atoms with E-state index >= 15 is 0 Å². The Morgan fingerprint density at radius 3 is 2.51 bits per heavy atom. The second-order valence-corrected chi connectivity index (χ2v) is 12.2. The number of hydrogen-bond acceptors (Lipinski definition) is 10. The van der Waals surface area contributed by atoms with Crippen molar-refractivity contribution in [2.24, 2.45) is 0 Å². The summed E-state index contributed by atoms with van der Waals surface area (Å²) in [6, 6.07) is 8.96. The molecule has 0 spiro atoms. The van der Waals surface area contributed by atoms with E-state index in [0.29, 0.717) is 29.8 Å². The number of aromatic nitrogens is 2. The average Bonchev–Trinajstić information content (AvgIpc) is 2.98. The van der Waals surface area contributed by atoms with Gasteiger partial charge < -0.3 is 35.4 Å². The molecule has 0 bridgehead atoms. The van der Waals surface area contributed by atoms with Crippen LogP contribution in [0.1, 0.15) is 28.9 Å². The molecule has 5 rings (SSSR count). The molecule has 2 fully saturated rings. The van der Waals surface area contributed by atoms with Gasteiger partial charge in [0.25, 0.3) is 5.91 Å². The molecular formula is C29H35F2N8O3P. The van der Waals surface area contributed by atoms with Crippen molar-refractivity contribution >= 4 is 42.4 Å². The number of carbonyl (C=O) groups is 1. The third-order valence-corrected chi connectivity index (χ3v) is 8.84. The van der Waals surface area contributed by atoms with Crippen molar-refractivity contribution in [1.29, 1.82) is 5.41 Å². The first-order valence-electron chi connectivity index (χ1n) is 14.0. The lowest BCUT2D eigenvalue weighted by molar-refractivity contribution is 0.0904. The number of halogens is 2. The van der Waals surface area contributed by atoms with Gasteiger partial charge in [0.1, 0.15) is 19.8 Å². The number of anilines is 3. The van der Waals surface area contributed by atoms with Crippen LogP contribution in [0.4, 0.5) is 26.0 Å². The van der Waals surface area contributed by atoms with Crippen LogP contribution in [0.3, 0.4) is 0 Å². The monoisotopic (exact) mass is 612 g/mol. The van der Waals surface area contributed by atoms with Gasteiger partial charge in [0.2, 0.25) is 5.88 Å². The Morgan fingerprint density at radius 1 is 1.12 bits per heavy atom. The molecule has 1 unspecified atom stereocenters. The Labute approximate surface area is 250 Å². The molecule has 14 heteroatoms. The van der Waals surface area contributed by atoms with E-state index in [1.165, 1.54) is 18.3 Å². The Morgan fingerprint density at radius 2 is 1.81 bits per heavy atom. The van der Waals surface area contributed by atoms with E-state index < -0.39 is 25.7 Å². The number of nitrogen functional groups attached to an aromatic ring is 1. The molecule has 0 saturated carbocycles. The molecule has 11 nitrogen and oxygen atoms in total. The van der Waals surface area contributed by atoms with E-state index in [1.54, 1.807) is 12.7 Å². The number of nitrogens with one attached hydrogen (secondary N) is 3. The quantitative estimate of drug-likeness (QED) is 0.172. The zero-order chi connectivity index (χ0) is 30.5. The average molecular weight is 613 g/mol. The molecule has 3 heterocycles. The van der Waals surface area contributed by atoms with Crippen molar-refractivity contribution in [3.8, 4) is 5.88 Å². The Balaban J connectivity index is 1.33. The number of piperazine rings is 1. The van der Waals surface area contributed by atoms with Crippen LogP contribution in [-0.2, 0) is 4.74 Å². The van der Waals surface area contributed by atoms with E-state index in [4.69, 9.17) is 20.4 Å². The second-order valence-electron chi connectivity index (χ2n) is 10.5. The number of amides is 1. The van der Waals surface area contributed by atoms with Crippen molar-refractivity contribution in [2.75, 3.05) is 69.1 Å². The number of likely N-dealkylation sites (N-methyl/N-ethyl adjacent to an activating group) is 1. The van der Waals surface area contributed by atoms with Gasteiger partial charge in [-0.3, -0.25) is 10.2 Å². The second kappa shape index (κ2) is 13.6. The summed E-state index contributed by atoms with van der Waals surface area (Å²) in [6.45, 7) is 6.62. The highest BCUT2D eigenvalue weighted by molar-refractivity contribution is 7.60. The van der Waals surface area contributed by atoms with Crippen LogP contribution in [0, 0.1) is 17.0 Å². The summed E-state index contributed by atoms with van der Waals surface area (Å²) in [5.41, 5.74) is 7.97. The van der Waals surface area contributed by atoms with Crippen LogP contribution in [0.5, 0.6) is 5.88 Å². The summed E-state index contributed by atoms with van der Waals surface area (Å²) in [6.07, 6.45) is 2.89. The molecular weight excluding hydrogens is 577 g/mol. The van der Waals surface area contributed by atoms with Crippen molar-refractivity contribution in [3.63, 3.8) is 0 Å². The number of hydrogen-bond donors (Lipinski definition) is 4. The van der Waals surface area contributed by atoms with Crippen LogP contribution in [-0.4, -0.2) is 85.8 Å². The fourth-order valence-electron chi connectivity index (χ4n) is 4.94. The standard InChI is InChI=1S/C29H35F2N8O3P/c1-38-7-9-39(10-8-38)21-3-4-23(24(16-21)35-20-5-11-41-12-6-20)29(40)37-28(33)26-27(32)34-17-25(36-26)42-43(2)22-14-18(30)13-19(31)15-22/h3-4,13-17,20,35H,5-12H2,1-2H3,(H2,32,34)(H2,33,37,40). The predicted molar refractivity (Wildman–Crippen MR) is 164 cm³/mol. The number of benzene rings is 2. The normalized spacial score (nSPS) is 16.9. The molecule has 5 N–H and O–H groups in total. The van der Waals surface area contributed by atoms with Gasteiger partial charge >= 0.3 is 0 Å². The lowest BCUT2D eigenvalue weighted by atomic mass is 10.1. The van der Waals surface area contributed by atoms with Crippen LogP contribution in [0.2, 0.25) is 0 Å². The third kappa shape index (κ3) is 7.73. The van der Waals surface area contributed by atoms with E-state index in [-0.39, 0.29) is 29.3 Å². The first kappa shape index (κ1) is 30.5. The summed E-state index contributed by atoms with van der Waals surface area (Å²) in [5, 5.41) is 15.0. The van der Waals surface area contributed by atoms with Gasteiger partial charge in [0.15, 0.2) is 17.3 Å². The Hall–Kier alpha value is -3.93. The zero-order valence-electron chi connectivity index (χ0n) is 24.1. The molecule has 43 heavy (non-hydrogen) atoms. The van der Waals surface area contributed by atoms with Crippen LogP contribution in [0.15, 0.2) is 42.6 Å². The maximum atomic E-state index is 13.7. The van der Waals surface area contributed by atoms with Crippen molar-refractivity contribution in [1.82, 2.24) is 20.2 Å². The maximum Gasteiger partial charge on any atom is 0.258 e. The van der Waals surface area contributed by atoms with Gasteiger partial charge in [0, 0.05) is 68.2 Å². The highest BCUT2D eigenvalue weighted by atomic mass is 31.1. The van der Waals surface area contributed by atoms with Crippen molar-refractivity contribution in [2.45, 2.75) is 18.9 Å². The smallest absolute Gasteiger partial charge is 0.258 e. The van der Waals surface area contributed by atoms with E-state index in [9.17, 15) is 13.6 Å². The Bertz CT molecular complexity index is 1460. The summed E-state index contributed by atoms with van der Waals surface area (Å²) < 4.78 is 38.7. The topological polar surface area (TPSA) is 142 Å². The van der Waals surface area contributed by atoms with Gasteiger partial charge in [-0.2, -0.15) is 0 Å². The van der Waals surface area contributed by atoms with Crippen molar-refractivity contribution in [3.05, 3.63) is 65.5 Å². The van der Waals surface area contributed by atoms with Crippen molar-refractivity contribution < 1.29 is 22.8 Å². The summed E-state index contributed by atoms with van der Waals surface area (Å²) in [7, 11) is 0.593. The largest absolute Gasteiger partial charge is 0.451 e. The van der Waals surface area contributed by atoms with Crippen LogP contribution >= 0.6 is 8.15 Å². The van der Waals surface area contributed by atoms with Gasteiger partial charge in [-0.25, -0.2) is 18.7 Å². The van der Waals surface area contributed by atoms with E-state index in [1.807, 2.05) is 12.1 Å². The molecule has 2 saturated heterocycles. The molecule has 228 valence electrons.